The molecule has 0 unspecified atom stereocenters. The Labute approximate surface area is 152 Å². The minimum Gasteiger partial charge on any atom is -0.393 e. The smallest absolute Gasteiger partial charge is 0.133 e. The van der Waals surface area contributed by atoms with Gasteiger partial charge in [-0.25, -0.2) is 0 Å². The van der Waals surface area contributed by atoms with Crippen LogP contribution in [0.1, 0.15) is 65.2 Å². The van der Waals surface area contributed by atoms with Crippen molar-refractivity contribution in [2.75, 3.05) is 0 Å². The van der Waals surface area contributed by atoms with E-state index in [2.05, 4.69) is 20.4 Å². The summed E-state index contributed by atoms with van der Waals surface area (Å²) in [6.45, 7) is 8.65. The Morgan fingerprint density at radius 3 is 2.72 bits per heavy atom. The number of rotatable bonds is 2. The molecule has 4 saturated carbocycles. The van der Waals surface area contributed by atoms with E-state index >= 15 is 0 Å². The molecule has 3 nitrogen and oxygen atoms in total. The molecule has 4 aliphatic carbocycles. The molecule has 4 fully saturated rings. The van der Waals surface area contributed by atoms with Crippen LogP contribution < -0.4 is 5.73 Å². The molecule has 0 spiro atoms. The highest BCUT2D eigenvalue weighted by molar-refractivity contribution is 5.79. The highest BCUT2D eigenvalue weighted by Gasteiger charge is 2.63. The molecular formula is C22H35NO2. The maximum atomic E-state index is 12.0. The normalized spacial score (nSPS) is 53.5. The molecule has 0 bridgehead atoms. The van der Waals surface area contributed by atoms with Gasteiger partial charge in [-0.2, -0.15) is 0 Å². The molecule has 0 heterocycles. The Kier molecular flexibility index (Phi) is 4.20. The molecule has 25 heavy (non-hydrogen) atoms. The average Bonchev–Trinajstić information content (AvgIpc) is 2.95. The van der Waals surface area contributed by atoms with Crippen LogP contribution in [0.3, 0.4) is 0 Å². The van der Waals surface area contributed by atoms with E-state index in [0.717, 1.165) is 32.1 Å². The summed E-state index contributed by atoms with van der Waals surface area (Å²) in [4.78, 5) is 12.0. The summed E-state index contributed by atoms with van der Waals surface area (Å²) in [7, 11) is 0. The number of carbonyl (C=O) groups is 1. The van der Waals surface area contributed by atoms with Gasteiger partial charge in [-0.3, -0.25) is 4.79 Å². The second-order valence-corrected chi connectivity index (χ2v) is 10.0. The van der Waals surface area contributed by atoms with E-state index in [9.17, 15) is 9.90 Å². The largest absolute Gasteiger partial charge is 0.393 e. The maximum Gasteiger partial charge on any atom is 0.133 e. The van der Waals surface area contributed by atoms with Crippen molar-refractivity contribution in [1.82, 2.24) is 0 Å². The third-order valence-corrected chi connectivity index (χ3v) is 9.40. The van der Waals surface area contributed by atoms with Crippen molar-refractivity contribution in [3.63, 3.8) is 0 Å². The minimum atomic E-state index is -0.273. The highest BCUT2D eigenvalue weighted by atomic mass is 16.3. The number of fused-ring (bicyclic) bond motifs is 5. The lowest BCUT2D eigenvalue weighted by atomic mass is 9.44. The van der Waals surface area contributed by atoms with E-state index in [1.165, 1.54) is 19.3 Å². The molecule has 0 radical (unpaired) electrons. The van der Waals surface area contributed by atoms with Gasteiger partial charge in [-0.1, -0.05) is 19.9 Å². The standard InChI is InChI=1S/C22H35NO2/c1-4-19(23)17-8-7-16-15-6-5-13-11-14(24)9-10-21(13,2)18(15)12-20(25)22(16,17)3/h4,13,15-20,25H,1,5-12,23H2,2-3H3/t13-,15+,16+,17-,18+,19-,20+,21+,22+/m1/s1. The van der Waals surface area contributed by atoms with Crippen molar-refractivity contribution in [3.05, 3.63) is 12.7 Å². The van der Waals surface area contributed by atoms with Crippen molar-refractivity contribution < 1.29 is 9.90 Å². The lowest BCUT2D eigenvalue weighted by Crippen LogP contribution is -2.59. The Morgan fingerprint density at radius 1 is 1.24 bits per heavy atom. The molecule has 0 aromatic heterocycles. The maximum absolute atomic E-state index is 12.0. The molecule has 3 N–H and O–H groups in total. The van der Waals surface area contributed by atoms with Gasteiger partial charge in [0.15, 0.2) is 0 Å². The Balaban J connectivity index is 1.66. The zero-order chi connectivity index (χ0) is 18.0. The van der Waals surface area contributed by atoms with Gasteiger partial charge in [0.05, 0.1) is 6.10 Å². The first-order valence-electron chi connectivity index (χ1n) is 10.4. The fourth-order valence-corrected chi connectivity index (χ4v) is 7.84. The van der Waals surface area contributed by atoms with Gasteiger partial charge in [0.1, 0.15) is 5.78 Å². The van der Waals surface area contributed by atoms with Crippen LogP contribution >= 0.6 is 0 Å². The summed E-state index contributed by atoms with van der Waals surface area (Å²) < 4.78 is 0. The van der Waals surface area contributed by atoms with Gasteiger partial charge in [-0.05, 0) is 73.5 Å². The fourth-order valence-electron chi connectivity index (χ4n) is 7.84. The molecule has 0 aromatic carbocycles. The van der Waals surface area contributed by atoms with Crippen molar-refractivity contribution in [2.24, 2.45) is 46.2 Å². The molecule has 0 aromatic rings. The lowest BCUT2D eigenvalue weighted by Gasteiger charge is -2.61. The zero-order valence-electron chi connectivity index (χ0n) is 15.9. The number of nitrogens with two attached hydrogens (primary N) is 1. The molecule has 4 rings (SSSR count). The Bertz CT molecular complexity index is 574. The van der Waals surface area contributed by atoms with Crippen LogP contribution in [0.15, 0.2) is 12.7 Å². The number of ketones is 1. The SMILES string of the molecule is C=C[C@@H](N)[C@H]1CC[C@H]2[C@@H]3CC[C@@H]4CC(=O)CC[C@]4(C)[C@H]3C[C@H](O)[C@]12C. The molecule has 0 aliphatic heterocycles. The van der Waals surface area contributed by atoms with Gasteiger partial charge >= 0.3 is 0 Å². The second-order valence-electron chi connectivity index (χ2n) is 10.0. The summed E-state index contributed by atoms with van der Waals surface area (Å²) in [6.07, 6.45) is 9.81. The van der Waals surface area contributed by atoms with Crippen molar-refractivity contribution in [3.8, 4) is 0 Å². The van der Waals surface area contributed by atoms with Crippen molar-refractivity contribution in [2.45, 2.75) is 77.4 Å². The van der Waals surface area contributed by atoms with Crippen molar-refractivity contribution in [1.29, 1.82) is 0 Å². The number of Topliss-reactive ketones (excluding diaryl/α,β-unsaturated/α-hetero) is 1. The van der Waals surface area contributed by atoms with Crippen LogP contribution in [0.2, 0.25) is 0 Å². The third kappa shape index (κ3) is 2.34. The molecule has 3 heteroatoms. The average molecular weight is 346 g/mol. The number of hydrogen-bond donors (Lipinski definition) is 2. The summed E-state index contributed by atoms with van der Waals surface area (Å²) in [6, 6.07) is -0.0135. The number of hydrogen-bond acceptors (Lipinski definition) is 3. The molecule has 140 valence electrons. The fraction of sp³-hybridized carbons (Fsp3) is 0.864. The molecule has 0 amide bonds. The van der Waals surface area contributed by atoms with E-state index in [-0.39, 0.29) is 23.0 Å². The molecule has 0 saturated heterocycles. The van der Waals surface area contributed by atoms with Crippen LogP contribution in [0.4, 0.5) is 0 Å². The quantitative estimate of drug-likeness (QED) is 0.750. The highest BCUT2D eigenvalue weighted by Crippen LogP contribution is 2.67. The Hall–Kier alpha value is -0.670. The summed E-state index contributed by atoms with van der Waals surface area (Å²) in [5.74, 6) is 3.20. The van der Waals surface area contributed by atoms with Gasteiger partial charge in [0, 0.05) is 24.3 Å². The second kappa shape index (κ2) is 5.92. The van der Waals surface area contributed by atoms with Gasteiger partial charge in [0.25, 0.3) is 0 Å². The topological polar surface area (TPSA) is 63.3 Å². The monoisotopic (exact) mass is 345 g/mol. The molecular weight excluding hydrogens is 310 g/mol. The van der Waals surface area contributed by atoms with Crippen LogP contribution in [0.5, 0.6) is 0 Å². The van der Waals surface area contributed by atoms with Crippen LogP contribution in [0.25, 0.3) is 0 Å². The van der Waals surface area contributed by atoms with E-state index in [1.807, 2.05) is 6.08 Å². The van der Waals surface area contributed by atoms with Crippen LogP contribution in [0, 0.1) is 40.4 Å². The van der Waals surface area contributed by atoms with E-state index in [1.54, 1.807) is 0 Å². The van der Waals surface area contributed by atoms with E-state index in [0.29, 0.717) is 35.4 Å². The van der Waals surface area contributed by atoms with E-state index in [4.69, 9.17) is 5.73 Å². The van der Waals surface area contributed by atoms with Crippen molar-refractivity contribution >= 4 is 5.78 Å². The minimum absolute atomic E-state index is 0.0135. The van der Waals surface area contributed by atoms with Gasteiger partial charge in [0.2, 0.25) is 0 Å². The first kappa shape index (κ1) is 17.7. The Morgan fingerprint density at radius 2 is 2.00 bits per heavy atom. The molecule has 4 aliphatic rings. The predicted molar refractivity (Wildman–Crippen MR) is 99.8 cm³/mol. The van der Waals surface area contributed by atoms with Crippen LogP contribution in [-0.4, -0.2) is 23.0 Å². The predicted octanol–water partition coefficient (Wildman–Crippen LogP) is 3.70. The van der Waals surface area contributed by atoms with Gasteiger partial charge < -0.3 is 10.8 Å². The summed E-state index contributed by atoms with van der Waals surface area (Å²) >= 11 is 0. The lowest BCUT2D eigenvalue weighted by molar-refractivity contribution is -0.167. The first-order valence-corrected chi connectivity index (χ1v) is 10.4. The van der Waals surface area contributed by atoms with Gasteiger partial charge in [-0.15, -0.1) is 6.58 Å². The first-order chi connectivity index (χ1) is 11.8. The number of aliphatic hydroxyl groups is 1. The van der Waals surface area contributed by atoms with E-state index < -0.39 is 0 Å². The summed E-state index contributed by atoms with van der Waals surface area (Å²) in [5.41, 5.74) is 6.56. The van der Waals surface area contributed by atoms with Crippen LogP contribution in [-0.2, 0) is 4.79 Å². The summed E-state index contributed by atoms with van der Waals surface area (Å²) in [5, 5.41) is 11.3. The number of aliphatic hydroxyl groups excluding tert-OH is 1. The zero-order valence-corrected chi connectivity index (χ0v) is 15.9. The molecule has 9 atom stereocenters. The number of carbonyl (C=O) groups excluding carboxylic acids is 1. The third-order valence-electron chi connectivity index (χ3n) is 9.40.